The molecule has 32 valence electrons. The molecular weight excluding hydrogens is 251 g/mol. The van der Waals surface area contributed by atoms with Crippen LogP contribution in [0.1, 0.15) is 0 Å². The maximum atomic E-state index is 0. The van der Waals surface area contributed by atoms with Crippen LogP contribution in [0.3, 0.4) is 0 Å². The van der Waals surface area contributed by atoms with Crippen molar-refractivity contribution in [3.8, 4) is 0 Å². The Bertz CT molecular complexity index is 9.65. The topological polar surface area (TPSA) is 114 Å². The van der Waals surface area contributed by atoms with Gasteiger partial charge in [0, 0.05) is 0 Å². The van der Waals surface area contributed by atoms with E-state index in [2.05, 4.69) is 0 Å². The summed E-state index contributed by atoms with van der Waals surface area (Å²) in [6.07, 6.45) is 0. The molecule has 0 fully saturated rings. The maximum Gasteiger partial charge on any atom is 4.00 e. The predicted molar refractivity (Wildman–Crippen MR) is 2.75 cm³/mol. The monoisotopic (exact) mass is 250 g/mol. The Morgan fingerprint density at radius 2 is 0.429 bits per heavy atom. The van der Waals surface area contributed by atoms with E-state index in [4.69, 9.17) is 0 Å². The second-order valence-corrected chi connectivity index (χ2v) is 0. The molecule has 0 amide bonds. The van der Waals surface area contributed by atoms with E-state index in [1.807, 2.05) is 0 Å². The Balaban J connectivity index is 0. The molecule has 0 unspecified atom stereocenters. The predicted octanol–water partition coefficient (Wildman–Crippen LogP) is -0.483. The minimum Gasteiger partial charge on any atom is -2.00 e. The molecule has 4 nitrogen and oxygen atoms in total. The van der Waals surface area contributed by atoms with Crippen LogP contribution in [0.25, 0.3) is 0 Å². The first-order valence-corrected chi connectivity index (χ1v) is 0. The molecule has 0 aromatic rings. The summed E-state index contributed by atoms with van der Waals surface area (Å²) in [5, 5.41) is 0. The van der Waals surface area contributed by atoms with E-state index < -0.39 is 0 Å². The SMILES string of the molecule is [O-2].[O-2].[O-2].[O-2].[Ti+4].[Ti+4].[Zr+4]. The molecule has 0 rings (SSSR count). The molecular formula is O4Ti2Zr+4. The zero-order valence-electron chi connectivity index (χ0n) is 3.13. The first-order chi connectivity index (χ1) is 0. The molecule has 0 spiro atoms. The molecule has 7 heteroatoms. The molecule has 0 radical (unpaired) electrons. The van der Waals surface area contributed by atoms with Crippen molar-refractivity contribution in [2.45, 2.75) is 0 Å². The van der Waals surface area contributed by atoms with Gasteiger partial charge in [0.05, 0.1) is 0 Å². The molecule has 0 aliphatic carbocycles. The third-order valence-corrected chi connectivity index (χ3v) is 0. The van der Waals surface area contributed by atoms with Crippen LogP contribution in [0.2, 0.25) is 0 Å². The summed E-state index contributed by atoms with van der Waals surface area (Å²) in [5.74, 6) is 0. The van der Waals surface area contributed by atoms with E-state index in [1.54, 1.807) is 0 Å². The molecule has 0 bridgehead atoms. The Kier molecular flexibility index (Phi) is 1690. The van der Waals surface area contributed by atoms with Gasteiger partial charge in [0.25, 0.3) is 0 Å². The normalized spacial score (nSPS) is 0. The smallest absolute Gasteiger partial charge is 2.00 e. The van der Waals surface area contributed by atoms with Gasteiger partial charge >= 0.3 is 69.6 Å². The van der Waals surface area contributed by atoms with Crippen LogP contribution in [-0.4, -0.2) is 0 Å². The van der Waals surface area contributed by atoms with Crippen molar-refractivity contribution < 1.29 is 91.5 Å². The number of rotatable bonds is 0. The number of hydrogen-bond donors (Lipinski definition) is 0. The average Bonchev–Trinajstić information content (AvgIpc) is 0. The molecule has 7 heavy (non-hydrogen) atoms. The molecule has 0 N–H and O–H groups in total. The van der Waals surface area contributed by atoms with Gasteiger partial charge in [-0.2, -0.15) is 0 Å². The summed E-state index contributed by atoms with van der Waals surface area (Å²) in [6, 6.07) is 0. The van der Waals surface area contributed by atoms with Gasteiger partial charge in [-0.15, -0.1) is 0 Å². The fourth-order valence-corrected chi connectivity index (χ4v) is 0. The Hall–Kier alpha value is 2.15. The van der Waals surface area contributed by atoms with E-state index in [1.165, 1.54) is 0 Å². The van der Waals surface area contributed by atoms with E-state index in [0.29, 0.717) is 0 Å². The largest absolute Gasteiger partial charge is 4.00 e. The van der Waals surface area contributed by atoms with Crippen molar-refractivity contribution in [1.82, 2.24) is 0 Å². The number of hydrogen-bond acceptors (Lipinski definition) is 0. The van der Waals surface area contributed by atoms with Crippen LogP contribution >= 0.6 is 0 Å². The molecule has 0 saturated carbocycles. The van der Waals surface area contributed by atoms with Gasteiger partial charge in [0.15, 0.2) is 0 Å². The zero-order chi connectivity index (χ0) is 0. The van der Waals surface area contributed by atoms with Gasteiger partial charge in [0.2, 0.25) is 0 Å². The fourth-order valence-electron chi connectivity index (χ4n) is 0. The first kappa shape index (κ1) is 131. The standard InChI is InChI=1S/4O.2Ti.Zr/q4*-2;3*+4. The van der Waals surface area contributed by atoms with Crippen LogP contribution in [-0.2, 0) is 91.5 Å². The van der Waals surface area contributed by atoms with Gasteiger partial charge in [-0.3, -0.25) is 0 Å². The van der Waals surface area contributed by atoms with E-state index >= 15 is 0 Å². The Morgan fingerprint density at radius 3 is 0.429 bits per heavy atom. The van der Waals surface area contributed by atoms with Crippen LogP contribution < -0.4 is 0 Å². The van der Waals surface area contributed by atoms with Crippen LogP contribution in [0.5, 0.6) is 0 Å². The summed E-state index contributed by atoms with van der Waals surface area (Å²) >= 11 is 0. The second kappa shape index (κ2) is 90.1. The molecule has 0 aromatic heterocycles. The third-order valence-electron chi connectivity index (χ3n) is 0. The van der Waals surface area contributed by atoms with E-state index in [0.717, 1.165) is 0 Å². The van der Waals surface area contributed by atoms with Crippen molar-refractivity contribution in [2.75, 3.05) is 0 Å². The summed E-state index contributed by atoms with van der Waals surface area (Å²) in [7, 11) is 0. The Morgan fingerprint density at radius 1 is 0.429 bits per heavy atom. The maximum absolute atomic E-state index is 0. The minimum absolute atomic E-state index is 0. The van der Waals surface area contributed by atoms with Gasteiger partial charge in [-0.25, -0.2) is 0 Å². The third kappa shape index (κ3) is 66.6. The first-order valence-electron chi connectivity index (χ1n) is 0. The minimum atomic E-state index is 0. The van der Waals surface area contributed by atoms with E-state index in [9.17, 15) is 0 Å². The van der Waals surface area contributed by atoms with Gasteiger partial charge < -0.3 is 21.9 Å². The van der Waals surface area contributed by atoms with Crippen molar-refractivity contribution in [3.63, 3.8) is 0 Å². The molecule has 0 atom stereocenters. The molecule has 0 aliphatic rings. The van der Waals surface area contributed by atoms with Crippen molar-refractivity contribution in [1.29, 1.82) is 0 Å². The van der Waals surface area contributed by atoms with Crippen molar-refractivity contribution in [3.05, 3.63) is 0 Å². The molecule has 0 aromatic carbocycles. The van der Waals surface area contributed by atoms with Crippen molar-refractivity contribution in [2.24, 2.45) is 0 Å². The van der Waals surface area contributed by atoms with Gasteiger partial charge in [-0.1, -0.05) is 0 Å². The summed E-state index contributed by atoms with van der Waals surface area (Å²) in [6.45, 7) is 0. The van der Waals surface area contributed by atoms with Crippen molar-refractivity contribution >= 4 is 0 Å². The van der Waals surface area contributed by atoms with Crippen LogP contribution in [0, 0.1) is 0 Å². The summed E-state index contributed by atoms with van der Waals surface area (Å²) < 4.78 is 0. The molecule has 0 saturated heterocycles. The van der Waals surface area contributed by atoms with E-state index in [-0.39, 0.29) is 91.5 Å². The zero-order valence-corrected chi connectivity index (χ0v) is 8.71. The van der Waals surface area contributed by atoms with Crippen LogP contribution in [0.15, 0.2) is 0 Å². The van der Waals surface area contributed by atoms with Gasteiger partial charge in [0.1, 0.15) is 0 Å². The quantitative estimate of drug-likeness (QED) is 0.517. The van der Waals surface area contributed by atoms with Crippen LogP contribution in [0.4, 0.5) is 0 Å². The summed E-state index contributed by atoms with van der Waals surface area (Å²) in [4.78, 5) is 0. The second-order valence-electron chi connectivity index (χ2n) is 0. The van der Waals surface area contributed by atoms with Gasteiger partial charge in [-0.05, 0) is 0 Å². The Labute approximate surface area is 90.6 Å². The summed E-state index contributed by atoms with van der Waals surface area (Å²) in [5.41, 5.74) is 0. The fraction of sp³-hybridized carbons (Fsp3) is 0. The molecule has 0 aliphatic heterocycles. The average molecular weight is 251 g/mol. The molecule has 0 heterocycles.